The summed E-state index contributed by atoms with van der Waals surface area (Å²) in [5, 5.41) is 0. The van der Waals surface area contributed by atoms with Crippen molar-refractivity contribution in [2.45, 2.75) is 19.9 Å². The van der Waals surface area contributed by atoms with Crippen LogP contribution in [0.4, 0.5) is 0 Å². The summed E-state index contributed by atoms with van der Waals surface area (Å²) in [6, 6.07) is 5.84. The van der Waals surface area contributed by atoms with Gasteiger partial charge in [-0.05, 0) is 36.6 Å². The largest absolute Gasteiger partial charge is 0.337 e. The SMILES string of the molecule is Cc1cc(Br)ccc1C(=O)N1CC(C)C(N)C1. The molecule has 0 bridgehead atoms. The summed E-state index contributed by atoms with van der Waals surface area (Å²) in [5.41, 5.74) is 7.72. The summed E-state index contributed by atoms with van der Waals surface area (Å²) in [6.45, 7) is 5.47. The highest BCUT2D eigenvalue weighted by molar-refractivity contribution is 9.10. The predicted octanol–water partition coefficient (Wildman–Crippen LogP) is 2.18. The van der Waals surface area contributed by atoms with Gasteiger partial charge in [0.2, 0.25) is 0 Å². The van der Waals surface area contributed by atoms with E-state index in [1.165, 1.54) is 0 Å². The Bertz CT molecular complexity index is 437. The average molecular weight is 297 g/mol. The number of carbonyl (C=O) groups excluding carboxylic acids is 1. The molecule has 17 heavy (non-hydrogen) atoms. The third-order valence-corrected chi connectivity index (χ3v) is 3.87. The van der Waals surface area contributed by atoms with Crippen LogP contribution >= 0.6 is 15.9 Å². The van der Waals surface area contributed by atoms with E-state index in [9.17, 15) is 4.79 Å². The zero-order chi connectivity index (χ0) is 12.6. The molecular formula is C13H17BrN2O. The van der Waals surface area contributed by atoms with Gasteiger partial charge >= 0.3 is 0 Å². The van der Waals surface area contributed by atoms with Crippen LogP contribution in [0.3, 0.4) is 0 Å². The van der Waals surface area contributed by atoms with Crippen LogP contribution in [0.1, 0.15) is 22.8 Å². The van der Waals surface area contributed by atoms with E-state index >= 15 is 0 Å². The number of nitrogens with zero attached hydrogens (tertiary/aromatic N) is 1. The van der Waals surface area contributed by atoms with Crippen LogP contribution in [-0.4, -0.2) is 29.9 Å². The number of nitrogens with two attached hydrogens (primary N) is 1. The van der Waals surface area contributed by atoms with Gasteiger partial charge in [0.05, 0.1) is 0 Å². The molecule has 1 aliphatic heterocycles. The molecular weight excluding hydrogens is 280 g/mol. The zero-order valence-electron chi connectivity index (χ0n) is 10.1. The molecule has 1 aromatic carbocycles. The second kappa shape index (κ2) is 4.78. The fraction of sp³-hybridized carbons (Fsp3) is 0.462. The average Bonchev–Trinajstić information content (AvgIpc) is 2.58. The molecule has 0 spiro atoms. The minimum Gasteiger partial charge on any atom is -0.337 e. The van der Waals surface area contributed by atoms with E-state index in [2.05, 4.69) is 22.9 Å². The minimum absolute atomic E-state index is 0.0924. The highest BCUT2D eigenvalue weighted by Gasteiger charge is 2.30. The molecule has 2 rings (SSSR count). The topological polar surface area (TPSA) is 46.3 Å². The van der Waals surface area contributed by atoms with Crippen molar-refractivity contribution >= 4 is 21.8 Å². The highest BCUT2D eigenvalue weighted by atomic mass is 79.9. The fourth-order valence-corrected chi connectivity index (χ4v) is 2.67. The van der Waals surface area contributed by atoms with Crippen molar-refractivity contribution in [3.63, 3.8) is 0 Å². The van der Waals surface area contributed by atoms with E-state index in [1.807, 2.05) is 30.0 Å². The number of aryl methyl sites for hydroxylation is 1. The van der Waals surface area contributed by atoms with Crippen molar-refractivity contribution in [1.29, 1.82) is 0 Å². The number of halogens is 1. The Morgan fingerprint density at radius 3 is 2.71 bits per heavy atom. The molecule has 1 saturated heterocycles. The van der Waals surface area contributed by atoms with E-state index in [-0.39, 0.29) is 11.9 Å². The van der Waals surface area contributed by atoms with E-state index in [4.69, 9.17) is 5.73 Å². The third kappa shape index (κ3) is 2.53. The number of likely N-dealkylation sites (tertiary alicyclic amines) is 1. The van der Waals surface area contributed by atoms with Crippen molar-refractivity contribution in [2.24, 2.45) is 11.7 Å². The molecule has 4 heteroatoms. The number of hydrogen-bond acceptors (Lipinski definition) is 2. The first kappa shape index (κ1) is 12.6. The zero-order valence-corrected chi connectivity index (χ0v) is 11.7. The first-order valence-corrected chi connectivity index (χ1v) is 6.59. The van der Waals surface area contributed by atoms with Crippen molar-refractivity contribution < 1.29 is 4.79 Å². The Hall–Kier alpha value is -0.870. The Labute approximate surface area is 110 Å². The van der Waals surface area contributed by atoms with E-state index in [1.54, 1.807) is 0 Å². The molecule has 1 aliphatic rings. The van der Waals surface area contributed by atoms with Crippen LogP contribution in [0.2, 0.25) is 0 Å². The Kier molecular flexibility index (Phi) is 3.54. The smallest absolute Gasteiger partial charge is 0.254 e. The van der Waals surface area contributed by atoms with Crippen LogP contribution in [0.25, 0.3) is 0 Å². The number of amides is 1. The van der Waals surface area contributed by atoms with Gasteiger partial charge in [0.25, 0.3) is 5.91 Å². The number of rotatable bonds is 1. The third-order valence-electron chi connectivity index (χ3n) is 3.38. The van der Waals surface area contributed by atoms with Gasteiger partial charge in [0, 0.05) is 29.2 Å². The molecule has 3 nitrogen and oxygen atoms in total. The first-order valence-electron chi connectivity index (χ1n) is 5.80. The molecule has 0 radical (unpaired) electrons. The van der Waals surface area contributed by atoms with Gasteiger partial charge < -0.3 is 10.6 Å². The van der Waals surface area contributed by atoms with Crippen LogP contribution in [0.15, 0.2) is 22.7 Å². The van der Waals surface area contributed by atoms with Crippen LogP contribution in [-0.2, 0) is 0 Å². The quantitative estimate of drug-likeness (QED) is 0.863. The van der Waals surface area contributed by atoms with Gasteiger partial charge in [-0.25, -0.2) is 0 Å². The molecule has 1 heterocycles. The normalized spacial score (nSPS) is 24.1. The summed E-state index contributed by atoms with van der Waals surface area (Å²) in [6.07, 6.45) is 0. The van der Waals surface area contributed by atoms with E-state index in [0.29, 0.717) is 12.5 Å². The van der Waals surface area contributed by atoms with Gasteiger partial charge in [0.15, 0.2) is 0 Å². The minimum atomic E-state index is 0.0924. The maximum Gasteiger partial charge on any atom is 0.254 e. The molecule has 0 aromatic heterocycles. The molecule has 1 fully saturated rings. The molecule has 0 aliphatic carbocycles. The van der Waals surface area contributed by atoms with Crippen LogP contribution in [0.5, 0.6) is 0 Å². The maximum atomic E-state index is 12.3. The molecule has 1 amide bonds. The lowest BCUT2D eigenvalue weighted by Crippen LogP contribution is -2.32. The van der Waals surface area contributed by atoms with Gasteiger partial charge in [0.1, 0.15) is 0 Å². The molecule has 92 valence electrons. The summed E-state index contributed by atoms with van der Waals surface area (Å²) < 4.78 is 0.998. The lowest BCUT2D eigenvalue weighted by atomic mass is 10.1. The van der Waals surface area contributed by atoms with Crippen molar-refractivity contribution in [3.8, 4) is 0 Å². The monoisotopic (exact) mass is 296 g/mol. The van der Waals surface area contributed by atoms with Crippen molar-refractivity contribution in [1.82, 2.24) is 4.90 Å². The van der Waals surface area contributed by atoms with Crippen molar-refractivity contribution in [3.05, 3.63) is 33.8 Å². The molecule has 1 aromatic rings. The fourth-order valence-electron chi connectivity index (χ4n) is 2.20. The van der Waals surface area contributed by atoms with Crippen LogP contribution in [0, 0.1) is 12.8 Å². The number of hydrogen-bond donors (Lipinski definition) is 1. The van der Waals surface area contributed by atoms with E-state index < -0.39 is 0 Å². The number of benzene rings is 1. The van der Waals surface area contributed by atoms with Gasteiger partial charge in [-0.3, -0.25) is 4.79 Å². The summed E-state index contributed by atoms with van der Waals surface area (Å²) >= 11 is 3.40. The summed E-state index contributed by atoms with van der Waals surface area (Å²) in [5.74, 6) is 0.476. The van der Waals surface area contributed by atoms with Crippen molar-refractivity contribution in [2.75, 3.05) is 13.1 Å². The van der Waals surface area contributed by atoms with Gasteiger partial charge in [-0.1, -0.05) is 22.9 Å². The second-order valence-corrected chi connectivity index (χ2v) is 5.73. The Balaban J connectivity index is 2.20. The van der Waals surface area contributed by atoms with E-state index in [0.717, 1.165) is 22.1 Å². The Morgan fingerprint density at radius 1 is 1.47 bits per heavy atom. The molecule has 2 N–H and O–H groups in total. The molecule has 2 unspecified atom stereocenters. The van der Waals surface area contributed by atoms with Crippen LogP contribution < -0.4 is 5.73 Å². The van der Waals surface area contributed by atoms with Gasteiger partial charge in [-0.15, -0.1) is 0 Å². The highest BCUT2D eigenvalue weighted by Crippen LogP contribution is 2.21. The second-order valence-electron chi connectivity index (χ2n) is 4.81. The van der Waals surface area contributed by atoms with Gasteiger partial charge in [-0.2, -0.15) is 0 Å². The predicted molar refractivity (Wildman–Crippen MR) is 71.9 cm³/mol. The lowest BCUT2D eigenvalue weighted by molar-refractivity contribution is 0.0786. The maximum absolute atomic E-state index is 12.3. The lowest BCUT2D eigenvalue weighted by Gasteiger charge is -2.17. The molecule has 2 atom stereocenters. The number of carbonyl (C=O) groups is 1. The molecule has 0 saturated carbocycles. The first-order chi connectivity index (χ1) is 7.99. The standard InChI is InChI=1S/C13H17BrN2O/c1-8-5-10(14)3-4-11(8)13(17)16-6-9(2)12(15)7-16/h3-5,9,12H,6-7,15H2,1-2H3. The summed E-state index contributed by atoms with van der Waals surface area (Å²) in [7, 11) is 0. The summed E-state index contributed by atoms with van der Waals surface area (Å²) in [4.78, 5) is 14.2. The Morgan fingerprint density at radius 2 is 2.18 bits per heavy atom.